The van der Waals surface area contributed by atoms with Gasteiger partial charge >= 0.3 is 11.9 Å². The first-order valence-corrected chi connectivity index (χ1v) is 5.34. The van der Waals surface area contributed by atoms with E-state index in [0.29, 0.717) is 12.3 Å². The third-order valence-corrected chi connectivity index (χ3v) is 1.85. The number of carbonyl (C=O) groups is 2. The predicted molar refractivity (Wildman–Crippen MR) is 61.7 cm³/mol. The number of rotatable bonds is 6. The molecule has 0 spiro atoms. The summed E-state index contributed by atoms with van der Waals surface area (Å²) >= 11 is 0. The van der Waals surface area contributed by atoms with Crippen molar-refractivity contribution in [2.24, 2.45) is 10.6 Å². The van der Waals surface area contributed by atoms with Gasteiger partial charge in [-0.25, -0.2) is 4.79 Å². The predicted octanol–water partition coefficient (Wildman–Crippen LogP) is 1.44. The zero-order valence-corrected chi connectivity index (χ0v) is 10.6. The standard InChI is InChI=1S/C11H19NO5/c1-5-16-10(15)6-8(11(2,3)4)12-17-7-9(13)14/h5-7H2,1-4H3,(H,13,14). The molecule has 0 unspecified atom stereocenters. The summed E-state index contributed by atoms with van der Waals surface area (Å²) in [5.41, 5.74) is 0.0721. The molecule has 17 heavy (non-hydrogen) atoms. The highest BCUT2D eigenvalue weighted by molar-refractivity contribution is 6.01. The minimum absolute atomic E-state index is 0.00302. The van der Waals surface area contributed by atoms with Crippen molar-refractivity contribution >= 4 is 17.7 Å². The second-order valence-corrected chi connectivity index (χ2v) is 4.44. The second kappa shape index (κ2) is 6.88. The van der Waals surface area contributed by atoms with Crippen LogP contribution < -0.4 is 0 Å². The highest BCUT2D eigenvalue weighted by Gasteiger charge is 2.23. The van der Waals surface area contributed by atoms with Gasteiger partial charge in [0.05, 0.1) is 18.7 Å². The SMILES string of the molecule is CCOC(=O)CC(=NOCC(=O)O)C(C)(C)C. The number of hydrogen-bond donors (Lipinski definition) is 1. The highest BCUT2D eigenvalue weighted by Crippen LogP contribution is 2.19. The number of carboxylic acids is 1. The molecule has 0 aromatic carbocycles. The van der Waals surface area contributed by atoms with E-state index in [9.17, 15) is 9.59 Å². The molecule has 0 aliphatic rings. The fourth-order valence-electron chi connectivity index (χ4n) is 0.949. The molecule has 0 aromatic rings. The summed E-state index contributed by atoms with van der Waals surface area (Å²) in [5, 5.41) is 12.1. The molecule has 0 atom stereocenters. The van der Waals surface area contributed by atoms with E-state index in [1.165, 1.54) is 0 Å². The molecule has 0 fully saturated rings. The van der Waals surface area contributed by atoms with E-state index in [4.69, 9.17) is 9.84 Å². The molecule has 0 aliphatic heterocycles. The molecule has 98 valence electrons. The molecule has 0 saturated heterocycles. The molecule has 0 radical (unpaired) electrons. The van der Waals surface area contributed by atoms with Crippen molar-refractivity contribution in [1.82, 2.24) is 0 Å². The van der Waals surface area contributed by atoms with E-state index >= 15 is 0 Å². The maximum Gasteiger partial charge on any atom is 0.344 e. The van der Waals surface area contributed by atoms with Crippen LogP contribution in [0.2, 0.25) is 0 Å². The van der Waals surface area contributed by atoms with Gasteiger partial charge in [0, 0.05) is 5.41 Å². The average molecular weight is 245 g/mol. The Kier molecular flexibility index (Phi) is 6.23. The molecule has 0 aliphatic carbocycles. The lowest BCUT2D eigenvalue weighted by Crippen LogP contribution is -2.25. The first kappa shape index (κ1) is 15.4. The van der Waals surface area contributed by atoms with Gasteiger partial charge in [-0.1, -0.05) is 25.9 Å². The van der Waals surface area contributed by atoms with Crippen LogP contribution in [-0.2, 0) is 19.2 Å². The summed E-state index contributed by atoms with van der Waals surface area (Å²) in [4.78, 5) is 26.2. The molecule has 6 nitrogen and oxygen atoms in total. The number of esters is 1. The van der Waals surface area contributed by atoms with Crippen molar-refractivity contribution in [3.05, 3.63) is 0 Å². The van der Waals surface area contributed by atoms with E-state index in [1.807, 2.05) is 20.8 Å². The number of aliphatic carboxylic acids is 1. The molecule has 0 bridgehead atoms. The Morgan fingerprint density at radius 2 is 1.88 bits per heavy atom. The summed E-state index contributed by atoms with van der Waals surface area (Å²) < 4.78 is 4.80. The van der Waals surface area contributed by atoms with Crippen molar-refractivity contribution in [2.45, 2.75) is 34.1 Å². The number of carboxylic acid groups (broad SMARTS) is 1. The van der Waals surface area contributed by atoms with Gasteiger partial charge in [-0.05, 0) is 6.92 Å². The van der Waals surface area contributed by atoms with Crippen molar-refractivity contribution in [3.8, 4) is 0 Å². The van der Waals surface area contributed by atoms with Crippen molar-refractivity contribution in [2.75, 3.05) is 13.2 Å². The second-order valence-electron chi connectivity index (χ2n) is 4.44. The average Bonchev–Trinajstić information content (AvgIpc) is 2.14. The smallest absolute Gasteiger partial charge is 0.344 e. The van der Waals surface area contributed by atoms with Gasteiger partial charge in [0.1, 0.15) is 0 Å². The van der Waals surface area contributed by atoms with Crippen LogP contribution in [0, 0.1) is 5.41 Å². The van der Waals surface area contributed by atoms with E-state index in [0.717, 1.165) is 0 Å². The number of ether oxygens (including phenoxy) is 1. The third kappa shape index (κ3) is 7.32. The Balaban J connectivity index is 4.54. The molecule has 6 heteroatoms. The minimum atomic E-state index is -1.11. The minimum Gasteiger partial charge on any atom is -0.479 e. The maximum absolute atomic E-state index is 11.3. The summed E-state index contributed by atoms with van der Waals surface area (Å²) in [6.45, 7) is 7.06. The third-order valence-electron chi connectivity index (χ3n) is 1.85. The Bertz CT molecular complexity index is 303. The quantitative estimate of drug-likeness (QED) is 0.435. The van der Waals surface area contributed by atoms with Crippen molar-refractivity contribution in [3.63, 3.8) is 0 Å². The first-order valence-electron chi connectivity index (χ1n) is 5.34. The molecule has 0 saturated carbocycles. The van der Waals surface area contributed by atoms with Gasteiger partial charge in [0.15, 0.2) is 0 Å². The van der Waals surface area contributed by atoms with Gasteiger partial charge in [-0.2, -0.15) is 0 Å². The normalized spacial score (nSPS) is 12.1. The fourth-order valence-corrected chi connectivity index (χ4v) is 0.949. The molecule has 0 heterocycles. The summed E-state index contributed by atoms with van der Waals surface area (Å²) in [5.74, 6) is -1.52. The number of nitrogens with zero attached hydrogens (tertiary/aromatic N) is 1. The Hall–Kier alpha value is -1.59. The van der Waals surface area contributed by atoms with Gasteiger partial charge in [-0.3, -0.25) is 4.79 Å². The molecule has 0 rings (SSSR count). The van der Waals surface area contributed by atoms with E-state index in [-0.39, 0.29) is 11.8 Å². The summed E-state index contributed by atoms with van der Waals surface area (Å²) in [6.07, 6.45) is -0.00302. The number of carbonyl (C=O) groups excluding carboxylic acids is 1. The van der Waals surface area contributed by atoms with Crippen LogP contribution >= 0.6 is 0 Å². The van der Waals surface area contributed by atoms with Crippen LogP contribution in [0.25, 0.3) is 0 Å². The van der Waals surface area contributed by atoms with Crippen LogP contribution in [0.15, 0.2) is 5.16 Å². The lowest BCUT2D eigenvalue weighted by molar-refractivity contribution is -0.142. The zero-order valence-electron chi connectivity index (χ0n) is 10.6. The maximum atomic E-state index is 11.3. The van der Waals surface area contributed by atoms with E-state index in [1.54, 1.807) is 6.92 Å². The lowest BCUT2D eigenvalue weighted by Gasteiger charge is -2.19. The Morgan fingerprint density at radius 3 is 2.29 bits per heavy atom. The molecule has 0 aromatic heterocycles. The van der Waals surface area contributed by atoms with Crippen molar-refractivity contribution in [1.29, 1.82) is 0 Å². The lowest BCUT2D eigenvalue weighted by atomic mass is 9.88. The molecule has 1 N–H and O–H groups in total. The topological polar surface area (TPSA) is 85.2 Å². The van der Waals surface area contributed by atoms with Crippen LogP contribution in [0.5, 0.6) is 0 Å². The molecular formula is C11H19NO5. The van der Waals surface area contributed by atoms with E-state index < -0.39 is 18.5 Å². The van der Waals surface area contributed by atoms with Gasteiger partial charge < -0.3 is 14.7 Å². The highest BCUT2D eigenvalue weighted by atomic mass is 16.6. The van der Waals surface area contributed by atoms with Gasteiger partial charge in [0.25, 0.3) is 0 Å². The Labute approximate surface area is 101 Å². The van der Waals surface area contributed by atoms with Gasteiger partial charge in [0.2, 0.25) is 6.61 Å². The van der Waals surface area contributed by atoms with Crippen LogP contribution in [-0.4, -0.2) is 36.0 Å². The van der Waals surface area contributed by atoms with Crippen LogP contribution in [0.1, 0.15) is 34.1 Å². The van der Waals surface area contributed by atoms with Crippen LogP contribution in [0.3, 0.4) is 0 Å². The number of oxime groups is 1. The first-order chi connectivity index (χ1) is 7.77. The Morgan fingerprint density at radius 1 is 1.29 bits per heavy atom. The summed E-state index contributed by atoms with van der Waals surface area (Å²) in [6, 6.07) is 0. The van der Waals surface area contributed by atoms with Crippen molar-refractivity contribution < 1.29 is 24.3 Å². The fraction of sp³-hybridized carbons (Fsp3) is 0.727. The monoisotopic (exact) mass is 245 g/mol. The molecule has 0 amide bonds. The summed E-state index contributed by atoms with van der Waals surface area (Å²) in [7, 11) is 0. The van der Waals surface area contributed by atoms with Crippen LogP contribution in [0.4, 0.5) is 0 Å². The zero-order chi connectivity index (χ0) is 13.5. The van der Waals surface area contributed by atoms with E-state index in [2.05, 4.69) is 9.99 Å². The largest absolute Gasteiger partial charge is 0.479 e. The number of hydrogen-bond acceptors (Lipinski definition) is 5. The molecular weight excluding hydrogens is 226 g/mol. The van der Waals surface area contributed by atoms with Gasteiger partial charge in [-0.15, -0.1) is 0 Å².